The van der Waals surface area contributed by atoms with Gasteiger partial charge in [0.05, 0.1) is 12.0 Å². The third kappa shape index (κ3) is 3.39. The van der Waals surface area contributed by atoms with Gasteiger partial charge in [-0.25, -0.2) is 0 Å². The highest BCUT2D eigenvalue weighted by atomic mass is 16.3. The Balaban J connectivity index is 1.42. The monoisotopic (exact) mass is 300 g/mol. The van der Waals surface area contributed by atoms with Crippen LogP contribution in [0.25, 0.3) is 5.57 Å². The summed E-state index contributed by atoms with van der Waals surface area (Å²) in [6.45, 7) is 5.43. The number of carbonyl (C=O) groups is 1. The average molecular weight is 300 g/mol. The SMILES string of the molecule is CC1=C(c2ccccc2)[C@H]1C(=O)NCCN1CCC(O)CC1. The summed E-state index contributed by atoms with van der Waals surface area (Å²) in [4.78, 5) is 14.6. The zero-order valence-corrected chi connectivity index (χ0v) is 13.1. The van der Waals surface area contributed by atoms with Gasteiger partial charge in [-0.2, -0.15) is 0 Å². The first-order chi connectivity index (χ1) is 10.7. The van der Waals surface area contributed by atoms with Crippen molar-refractivity contribution in [1.82, 2.24) is 10.2 Å². The third-order valence-corrected chi connectivity index (χ3v) is 4.69. The van der Waals surface area contributed by atoms with E-state index in [9.17, 15) is 9.90 Å². The first-order valence-corrected chi connectivity index (χ1v) is 8.11. The van der Waals surface area contributed by atoms with Crippen LogP contribution >= 0.6 is 0 Å². The highest BCUT2D eigenvalue weighted by molar-refractivity contribution is 6.05. The summed E-state index contributed by atoms with van der Waals surface area (Å²) in [7, 11) is 0. The molecule has 2 aliphatic rings. The molecule has 0 radical (unpaired) electrons. The minimum absolute atomic E-state index is 0.0365. The van der Waals surface area contributed by atoms with Gasteiger partial charge < -0.3 is 15.3 Å². The fourth-order valence-electron chi connectivity index (χ4n) is 3.25. The maximum atomic E-state index is 12.3. The number of hydrogen-bond donors (Lipinski definition) is 2. The molecular formula is C18H24N2O2. The highest BCUT2D eigenvalue weighted by Gasteiger charge is 2.39. The van der Waals surface area contributed by atoms with Crippen molar-refractivity contribution in [2.24, 2.45) is 5.92 Å². The molecule has 0 aromatic heterocycles. The fraction of sp³-hybridized carbons (Fsp3) is 0.500. The Morgan fingerprint density at radius 3 is 2.64 bits per heavy atom. The summed E-state index contributed by atoms with van der Waals surface area (Å²) in [6, 6.07) is 10.1. The number of nitrogens with one attached hydrogen (secondary N) is 1. The van der Waals surface area contributed by atoms with Crippen LogP contribution in [0.3, 0.4) is 0 Å². The quantitative estimate of drug-likeness (QED) is 0.869. The molecule has 1 aliphatic carbocycles. The number of aliphatic hydroxyl groups excluding tert-OH is 1. The molecule has 1 aromatic rings. The van der Waals surface area contributed by atoms with Crippen molar-refractivity contribution in [3.05, 3.63) is 41.5 Å². The average Bonchev–Trinajstić information content (AvgIpc) is 3.21. The Morgan fingerprint density at radius 1 is 1.27 bits per heavy atom. The van der Waals surface area contributed by atoms with Crippen molar-refractivity contribution in [2.45, 2.75) is 25.9 Å². The summed E-state index contributed by atoms with van der Waals surface area (Å²) >= 11 is 0. The predicted molar refractivity (Wildman–Crippen MR) is 87.2 cm³/mol. The van der Waals surface area contributed by atoms with Crippen molar-refractivity contribution in [2.75, 3.05) is 26.2 Å². The Kier molecular flexibility index (Phi) is 4.60. The number of benzene rings is 1. The highest BCUT2D eigenvalue weighted by Crippen LogP contribution is 2.46. The lowest BCUT2D eigenvalue weighted by atomic mass is 10.1. The Morgan fingerprint density at radius 2 is 1.95 bits per heavy atom. The molecule has 118 valence electrons. The summed E-state index contributed by atoms with van der Waals surface area (Å²) in [5, 5.41) is 12.5. The van der Waals surface area contributed by atoms with E-state index in [0.29, 0.717) is 6.54 Å². The van der Waals surface area contributed by atoms with E-state index < -0.39 is 0 Å². The van der Waals surface area contributed by atoms with Gasteiger partial charge in [-0.05, 0) is 30.9 Å². The third-order valence-electron chi connectivity index (χ3n) is 4.69. The minimum Gasteiger partial charge on any atom is -0.393 e. The number of hydrogen-bond acceptors (Lipinski definition) is 3. The van der Waals surface area contributed by atoms with E-state index in [1.807, 2.05) is 25.1 Å². The molecule has 1 aromatic carbocycles. The van der Waals surface area contributed by atoms with Crippen LogP contribution in [0.4, 0.5) is 0 Å². The van der Waals surface area contributed by atoms with Gasteiger partial charge in [0, 0.05) is 26.2 Å². The molecule has 2 N–H and O–H groups in total. The van der Waals surface area contributed by atoms with Crippen LogP contribution in [0, 0.1) is 5.92 Å². The van der Waals surface area contributed by atoms with Crippen LogP contribution in [-0.2, 0) is 4.79 Å². The number of aliphatic hydroxyl groups is 1. The molecule has 0 saturated carbocycles. The molecule has 4 nitrogen and oxygen atoms in total. The normalized spacial score (nSPS) is 22.7. The van der Waals surface area contributed by atoms with E-state index in [1.165, 1.54) is 11.1 Å². The molecule has 1 fully saturated rings. The summed E-state index contributed by atoms with van der Waals surface area (Å²) in [5.41, 5.74) is 3.52. The second-order valence-electron chi connectivity index (χ2n) is 6.26. The van der Waals surface area contributed by atoms with Crippen LogP contribution in [0.1, 0.15) is 25.3 Å². The molecule has 22 heavy (non-hydrogen) atoms. The number of amides is 1. The number of piperidine rings is 1. The molecule has 4 heteroatoms. The molecule has 0 unspecified atom stereocenters. The molecule has 1 saturated heterocycles. The van der Waals surface area contributed by atoms with Gasteiger partial charge in [0.25, 0.3) is 0 Å². The number of rotatable bonds is 5. The maximum Gasteiger partial charge on any atom is 0.231 e. The summed E-state index contributed by atoms with van der Waals surface area (Å²) in [6.07, 6.45) is 1.54. The largest absolute Gasteiger partial charge is 0.393 e. The van der Waals surface area contributed by atoms with Crippen LogP contribution in [-0.4, -0.2) is 48.2 Å². The van der Waals surface area contributed by atoms with Crippen LogP contribution in [0.2, 0.25) is 0 Å². The number of likely N-dealkylation sites (tertiary alicyclic amines) is 1. The first kappa shape index (κ1) is 15.3. The van der Waals surface area contributed by atoms with E-state index >= 15 is 0 Å². The van der Waals surface area contributed by atoms with E-state index in [-0.39, 0.29) is 17.9 Å². The van der Waals surface area contributed by atoms with E-state index in [4.69, 9.17) is 0 Å². The molecule has 1 aliphatic heterocycles. The molecule has 0 spiro atoms. The topological polar surface area (TPSA) is 52.6 Å². The van der Waals surface area contributed by atoms with E-state index in [1.54, 1.807) is 0 Å². The molecule has 1 amide bonds. The molecule has 0 bridgehead atoms. The molecular weight excluding hydrogens is 276 g/mol. The summed E-state index contributed by atoms with van der Waals surface area (Å²) < 4.78 is 0. The zero-order valence-electron chi connectivity index (χ0n) is 13.1. The summed E-state index contributed by atoms with van der Waals surface area (Å²) in [5.74, 6) is 0.0824. The van der Waals surface area contributed by atoms with Gasteiger partial charge in [0.1, 0.15) is 0 Å². The van der Waals surface area contributed by atoms with Crippen molar-refractivity contribution < 1.29 is 9.90 Å². The molecule has 3 rings (SSSR count). The van der Waals surface area contributed by atoms with Gasteiger partial charge in [-0.1, -0.05) is 35.9 Å². The van der Waals surface area contributed by atoms with Crippen molar-refractivity contribution in [1.29, 1.82) is 0 Å². The van der Waals surface area contributed by atoms with E-state index in [0.717, 1.165) is 38.0 Å². The number of carbonyl (C=O) groups excluding carboxylic acids is 1. The first-order valence-electron chi connectivity index (χ1n) is 8.11. The Bertz CT molecular complexity index is 560. The Labute approximate surface area is 131 Å². The van der Waals surface area contributed by atoms with Crippen LogP contribution in [0.5, 0.6) is 0 Å². The van der Waals surface area contributed by atoms with Gasteiger partial charge in [0.15, 0.2) is 0 Å². The van der Waals surface area contributed by atoms with E-state index in [2.05, 4.69) is 22.3 Å². The van der Waals surface area contributed by atoms with Crippen molar-refractivity contribution >= 4 is 11.5 Å². The number of nitrogens with zero attached hydrogens (tertiary/aromatic N) is 1. The molecule has 1 heterocycles. The molecule has 1 atom stereocenters. The van der Waals surface area contributed by atoms with Crippen LogP contribution in [0.15, 0.2) is 35.9 Å². The Hall–Kier alpha value is -1.65. The predicted octanol–water partition coefficient (Wildman–Crippen LogP) is 1.66. The van der Waals surface area contributed by atoms with Gasteiger partial charge in [-0.15, -0.1) is 0 Å². The van der Waals surface area contributed by atoms with Gasteiger partial charge in [0.2, 0.25) is 5.91 Å². The fourth-order valence-corrected chi connectivity index (χ4v) is 3.25. The van der Waals surface area contributed by atoms with Crippen molar-refractivity contribution in [3.63, 3.8) is 0 Å². The zero-order chi connectivity index (χ0) is 15.5. The second-order valence-corrected chi connectivity index (χ2v) is 6.26. The van der Waals surface area contributed by atoms with Gasteiger partial charge in [-0.3, -0.25) is 4.79 Å². The standard InChI is InChI=1S/C18H24N2O2/c1-13-16(14-5-3-2-4-6-14)17(13)18(22)19-9-12-20-10-7-15(21)8-11-20/h2-6,15,17,21H,7-12H2,1H3,(H,19,22)/t17-/m0/s1. The van der Waals surface area contributed by atoms with Crippen molar-refractivity contribution in [3.8, 4) is 0 Å². The van der Waals surface area contributed by atoms with Crippen LogP contribution < -0.4 is 5.32 Å². The maximum absolute atomic E-state index is 12.3. The second kappa shape index (κ2) is 6.63. The van der Waals surface area contributed by atoms with Gasteiger partial charge >= 0.3 is 0 Å². The lowest BCUT2D eigenvalue weighted by Crippen LogP contribution is -2.41. The smallest absolute Gasteiger partial charge is 0.231 e. The lowest BCUT2D eigenvalue weighted by molar-refractivity contribution is -0.121. The lowest BCUT2D eigenvalue weighted by Gasteiger charge is -2.29. The minimum atomic E-state index is -0.141.